The molecule has 2 rings (SSSR count). The first-order chi connectivity index (χ1) is 8.92. The van der Waals surface area contributed by atoms with E-state index in [1.54, 1.807) is 24.4 Å². The van der Waals surface area contributed by atoms with E-state index in [1.165, 1.54) is 10.7 Å². The molecule has 0 amide bonds. The van der Waals surface area contributed by atoms with Gasteiger partial charge in [-0.2, -0.15) is 0 Å². The fourth-order valence-corrected chi connectivity index (χ4v) is 3.41. The van der Waals surface area contributed by atoms with Gasteiger partial charge in [-0.15, -0.1) is 0 Å². The summed E-state index contributed by atoms with van der Waals surface area (Å²) in [6, 6.07) is 5.09. The summed E-state index contributed by atoms with van der Waals surface area (Å²) in [5.74, 6) is 0.187. The van der Waals surface area contributed by atoms with Gasteiger partial charge in [0, 0.05) is 35.5 Å². The van der Waals surface area contributed by atoms with Crippen LogP contribution in [0.15, 0.2) is 29.4 Å². The van der Waals surface area contributed by atoms with E-state index >= 15 is 0 Å². The van der Waals surface area contributed by atoms with Crippen molar-refractivity contribution in [3.63, 3.8) is 0 Å². The summed E-state index contributed by atoms with van der Waals surface area (Å²) in [5, 5.41) is -0.0926. The van der Waals surface area contributed by atoms with Gasteiger partial charge in [0.1, 0.15) is 5.65 Å². The lowest BCUT2D eigenvalue weighted by molar-refractivity contribution is 0.579. The zero-order valence-corrected chi connectivity index (χ0v) is 11.9. The SMILES string of the molecule is CS(=O)CCNS(=O)(=O)c1c(N)nc2ccccn12. The lowest BCUT2D eigenvalue weighted by Crippen LogP contribution is -2.29. The normalized spacial score (nSPS) is 13.7. The van der Waals surface area contributed by atoms with Crippen molar-refractivity contribution < 1.29 is 12.6 Å². The fraction of sp³-hybridized carbons (Fsp3) is 0.300. The Hall–Kier alpha value is -1.45. The summed E-state index contributed by atoms with van der Waals surface area (Å²) in [6.07, 6.45) is 3.09. The molecule has 0 bridgehead atoms. The zero-order valence-electron chi connectivity index (χ0n) is 10.2. The van der Waals surface area contributed by atoms with Crippen molar-refractivity contribution in [3.8, 4) is 0 Å². The monoisotopic (exact) mass is 302 g/mol. The van der Waals surface area contributed by atoms with E-state index in [2.05, 4.69) is 9.71 Å². The predicted octanol–water partition coefficient (Wildman–Crippen LogP) is -0.427. The number of hydrogen-bond donors (Lipinski definition) is 2. The van der Waals surface area contributed by atoms with E-state index in [4.69, 9.17) is 5.73 Å². The lowest BCUT2D eigenvalue weighted by Gasteiger charge is -2.06. The van der Waals surface area contributed by atoms with Crippen molar-refractivity contribution in [1.82, 2.24) is 14.1 Å². The standard InChI is InChI=1S/C10H14N4O3S2/c1-18(15)7-5-12-19(16,17)10-9(11)13-8-4-2-3-6-14(8)10/h2-4,6,12H,5,7,11H2,1H3. The summed E-state index contributed by atoms with van der Waals surface area (Å²) in [5.41, 5.74) is 6.12. The van der Waals surface area contributed by atoms with Crippen molar-refractivity contribution in [1.29, 1.82) is 0 Å². The predicted molar refractivity (Wildman–Crippen MR) is 73.7 cm³/mol. The highest BCUT2D eigenvalue weighted by atomic mass is 32.2. The average Bonchev–Trinajstić information content (AvgIpc) is 2.64. The smallest absolute Gasteiger partial charge is 0.260 e. The molecule has 2 aromatic rings. The maximum absolute atomic E-state index is 12.2. The van der Waals surface area contributed by atoms with Gasteiger partial charge in [-0.3, -0.25) is 8.61 Å². The first kappa shape index (κ1) is 14.0. The van der Waals surface area contributed by atoms with Crippen LogP contribution in [0.5, 0.6) is 0 Å². The van der Waals surface area contributed by atoms with Gasteiger partial charge in [-0.05, 0) is 12.1 Å². The van der Waals surface area contributed by atoms with Crippen LogP contribution in [0.1, 0.15) is 0 Å². The topological polar surface area (TPSA) is 107 Å². The minimum atomic E-state index is -3.78. The summed E-state index contributed by atoms with van der Waals surface area (Å²) in [4.78, 5) is 3.98. The van der Waals surface area contributed by atoms with E-state index in [0.717, 1.165) is 0 Å². The van der Waals surface area contributed by atoms with Gasteiger partial charge in [0.15, 0.2) is 10.8 Å². The number of nitrogens with two attached hydrogens (primary N) is 1. The van der Waals surface area contributed by atoms with Crippen LogP contribution in [0.3, 0.4) is 0 Å². The van der Waals surface area contributed by atoms with Gasteiger partial charge in [0.2, 0.25) is 0 Å². The Labute approximate surface area is 113 Å². The fourth-order valence-electron chi connectivity index (χ4n) is 1.65. The number of aromatic nitrogens is 2. The summed E-state index contributed by atoms with van der Waals surface area (Å²) in [6.45, 7) is 0.0882. The van der Waals surface area contributed by atoms with Crippen molar-refractivity contribution in [3.05, 3.63) is 24.4 Å². The van der Waals surface area contributed by atoms with E-state index in [0.29, 0.717) is 5.65 Å². The number of nitrogens with zero attached hydrogens (tertiary/aromatic N) is 2. The molecule has 0 radical (unpaired) electrons. The molecular weight excluding hydrogens is 288 g/mol. The maximum Gasteiger partial charge on any atom is 0.260 e. The van der Waals surface area contributed by atoms with Gasteiger partial charge in [0.25, 0.3) is 10.0 Å². The van der Waals surface area contributed by atoms with Crippen LogP contribution in [0.25, 0.3) is 5.65 Å². The molecule has 19 heavy (non-hydrogen) atoms. The third kappa shape index (κ3) is 2.94. The molecule has 0 saturated carbocycles. The number of rotatable bonds is 5. The Bertz CT molecular complexity index is 723. The number of hydrogen-bond acceptors (Lipinski definition) is 5. The van der Waals surface area contributed by atoms with Crippen LogP contribution >= 0.6 is 0 Å². The van der Waals surface area contributed by atoms with Crippen LogP contribution < -0.4 is 10.5 Å². The molecule has 0 spiro atoms. The highest BCUT2D eigenvalue weighted by Gasteiger charge is 2.23. The quantitative estimate of drug-likeness (QED) is 0.779. The molecule has 0 aliphatic heterocycles. The number of pyridine rings is 1. The first-order valence-corrected chi connectivity index (χ1v) is 8.65. The van der Waals surface area contributed by atoms with E-state index < -0.39 is 20.8 Å². The Morgan fingerprint density at radius 1 is 1.47 bits per heavy atom. The second-order valence-corrected chi connectivity index (χ2v) is 7.14. The zero-order chi connectivity index (χ0) is 14.0. The van der Waals surface area contributed by atoms with Gasteiger partial charge >= 0.3 is 0 Å². The molecule has 9 heteroatoms. The van der Waals surface area contributed by atoms with Gasteiger partial charge < -0.3 is 5.73 Å². The molecule has 1 atom stereocenters. The Morgan fingerprint density at radius 2 is 2.21 bits per heavy atom. The van der Waals surface area contributed by atoms with Crippen molar-refractivity contribution in [2.45, 2.75) is 5.03 Å². The molecule has 1 unspecified atom stereocenters. The Balaban J connectivity index is 2.37. The van der Waals surface area contributed by atoms with Crippen molar-refractivity contribution in [2.24, 2.45) is 0 Å². The molecule has 0 aromatic carbocycles. The minimum absolute atomic E-state index is 0.0590. The minimum Gasteiger partial charge on any atom is -0.381 e. The van der Waals surface area contributed by atoms with Crippen LogP contribution in [-0.4, -0.2) is 40.6 Å². The molecule has 0 aliphatic rings. The van der Waals surface area contributed by atoms with E-state index in [-0.39, 0.29) is 23.1 Å². The average molecular weight is 302 g/mol. The van der Waals surface area contributed by atoms with Gasteiger partial charge in [-0.25, -0.2) is 18.1 Å². The number of sulfonamides is 1. The molecule has 0 saturated heterocycles. The van der Waals surface area contributed by atoms with Crippen molar-refractivity contribution in [2.75, 3.05) is 24.3 Å². The molecule has 2 aromatic heterocycles. The number of nitrogens with one attached hydrogen (secondary N) is 1. The summed E-state index contributed by atoms with van der Waals surface area (Å²) >= 11 is 0. The second kappa shape index (κ2) is 5.27. The third-order valence-corrected chi connectivity index (χ3v) is 4.73. The lowest BCUT2D eigenvalue weighted by atomic mass is 10.5. The summed E-state index contributed by atoms with van der Waals surface area (Å²) in [7, 11) is -4.84. The van der Waals surface area contributed by atoms with Gasteiger partial charge in [-0.1, -0.05) is 6.07 Å². The first-order valence-electron chi connectivity index (χ1n) is 5.44. The van der Waals surface area contributed by atoms with E-state index in [9.17, 15) is 12.6 Å². The van der Waals surface area contributed by atoms with Crippen LogP contribution in [0.4, 0.5) is 5.82 Å². The number of anilines is 1. The van der Waals surface area contributed by atoms with Crippen molar-refractivity contribution >= 4 is 32.3 Å². The maximum atomic E-state index is 12.2. The molecule has 0 fully saturated rings. The van der Waals surface area contributed by atoms with Crippen LogP contribution in [-0.2, 0) is 20.8 Å². The molecule has 7 nitrogen and oxygen atoms in total. The molecule has 3 N–H and O–H groups in total. The molecule has 2 heterocycles. The Morgan fingerprint density at radius 3 is 2.89 bits per heavy atom. The summed E-state index contributed by atoms with van der Waals surface area (Å²) < 4.78 is 39.0. The molecule has 104 valence electrons. The largest absolute Gasteiger partial charge is 0.381 e. The van der Waals surface area contributed by atoms with Crippen LogP contribution in [0.2, 0.25) is 0 Å². The number of fused-ring (bicyclic) bond motifs is 1. The second-order valence-electron chi connectivity index (χ2n) is 3.91. The molecular formula is C10H14N4O3S2. The van der Waals surface area contributed by atoms with Crippen LogP contribution in [0, 0.1) is 0 Å². The Kier molecular flexibility index (Phi) is 3.88. The number of imidazole rings is 1. The van der Waals surface area contributed by atoms with E-state index in [1.807, 2.05) is 0 Å². The third-order valence-electron chi connectivity index (χ3n) is 2.45. The highest BCUT2D eigenvalue weighted by molar-refractivity contribution is 7.89. The molecule has 0 aliphatic carbocycles. The highest BCUT2D eigenvalue weighted by Crippen LogP contribution is 2.19. The number of nitrogen functional groups attached to an aromatic ring is 1. The van der Waals surface area contributed by atoms with Gasteiger partial charge in [0.05, 0.1) is 0 Å².